The summed E-state index contributed by atoms with van der Waals surface area (Å²) in [6.07, 6.45) is 13.1. The monoisotopic (exact) mass is 325 g/mol. The van der Waals surface area contributed by atoms with E-state index in [4.69, 9.17) is 4.98 Å². The van der Waals surface area contributed by atoms with Gasteiger partial charge in [-0.1, -0.05) is 19.3 Å². The molecule has 0 amide bonds. The van der Waals surface area contributed by atoms with Gasteiger partial charge in [-0.05, 0) is 45.2 Å². The van der Waals surface area contributed by atoms with E-state index in [1.807, 2.05) is 13.1 Å². The van der Waals surface area contributed by atoms with E-state index in [1.165, 1.54) is 57.2 Å². The van der Waals surface area contributed by atoms with Gasteiger partial charge >= 0.3 is 0 Å². The Labute approximate surface area is 143 Å². The molecule has 1 atom stereocenters. The van der Waals surface area contributed by atoms with Crippen molar-refractivity contribution in [2.75, 3.05) is 13.1 Å². The fraction of sp³-hybridized carbons (Fsp3) is 0.632. The maximum atomic E-state index is 4.77. The molecule has 3 heterocycles. The summed E-state index contributed by atoms with van der Waals surface area (Å²) >= 11 is 0. The first kappa shape index (κ1) is 15.8. The van der Waals surface area contributed by atoms with Crippen LogP contribution in [0.15, 0.2) is 18.5 Å². The highest BCUT2D eigenvalue weighted by molar-refractivity contribution is 5.49. The second kappa shape index (κ2) is 7.01. The topological polar surface area (TPSA) is 57.7 Å². The number of H-pyrrole nitrogens is 1. The van der Waals surface area contributed by atoms with Crippen LogP contribution in [0.1, 0.15) is 62.4 Å². The predicted octanol–water partition coefficient (Wildman–Crippen LogP) is 3.69. The van der Waals surface area contributed by atoms with Gasteiger partial charge in [0.15, 0.2) is 5.82 Å². The van der Waals surface area contributed by atoms with Crippen LogP contribution in [-0.4, -0.2) is 44.0 Å². The van der Waals surface area contributed by atoms with Crippen LogP contribution in [0, 0.1) is 6.92 Å². The van der Waals surface area contributed by atoms with Gasteiger partial charge in [-0.25, -0.2) is 15.0 Å². The van der Waals surface area contributed by atoms with E-state index in [2.05, 4.69) is 25.9 Å². The third-order valence-corrected chi connectivity index (χ3v) is 5.56. The summed E-state index contributed by atoms with van der Waals surface area (Å²) in [4.78, 5) is 19.6. The van der Waals surface area contributed by atoms with E-state index in [0.717, 1.165) is 29.9 Å². The van der Waals surface area contributed by atoms with Crippen LogP contribution in [-0.2, 0) is 0 Å². The smallest absolute Gasteiger partial charge is 0.156 e. The predicted molar refractivity (Wildman–Crippen MR) is 94.8 cm³/mol. The Morgan fingerprint density at radius 1 is 1.08 bits per heavy atom. The first-order chi connectivity index (χ1) is 11.8. The van der Waals surface area contributed by atoms with Crippen LogP contribution in [0.2, 0.25) is 0 Å². The van der Waals surface area contributed by atoms with Gasteiger partial charge in [0.2, 0.25) is 0 Å². The molecule has 0 bridgehead atoms. The van der Waals surface area contributed by atoms with E-state index >= 15 is 0 Å². The Balaban J connectivity index is 1.54. The Hall–Kier alpha value is -1.75. The molecular formula is C19H27N5. The summed E-state index contributed by atoms with van der Waals surface area (Å²) in [7, 11) is 0. The van der Waals surface area contributed by atoms with Gasteiger partial charge in [-0.2, -0.15) is 0 Å². The van der Waals surface area contributed by atoms with Gasteiger partial charge in [0, 0.05) is 36.6 Å². The highest BCUT2D eigenvalue weighted by Crippen LogP contribution is 2.32. The number of aryl methyl sites for hydroxylation is 1. The highest BCUT2D eigenvalue weighted by Gasteiger charge is 2.28. The first-order valence-electron chi connectivity index (χ1n) is 9.39. The third kappa shape index (κ3) is 3.36. The first-order valence-corrected chi connectivity index (χ1v) is 9.39. The SMILES string of the molecule is Cc1nc(-c2ncc[nH]2)cc([C@H]2CCCN(C3CCCCC3)C2)n1. The second-order valence-electron chi connectivity index (χ2n) is 7.29. The molecule has 128 valence electrons. The number of nitrogens with zero attached hydrogens (tertiary/aromatic N) is 4. The van der Waals surface area contributed by atoms with Gasteiger partial charge < -0.3 is 4.98 Å². The molecule has 0 aromatic carbocycles. The van der Waals surface area contributed by atoms with Crippen LogP contribution in [0.3, 0.4) is 0 Å². The van der Waals surface area contributed by atoms with Crippen LogP contribution in [0.25, 0.3) is 11.5 Å². The number of hydrogen-bond donors (Lipinski definition) is 1. The molecule has 0 unspecified atom stereocenters. The molecule has 1 N–H and O–H groups in total. The molecule has 1 saturated carbocycles. The molecule has 5 nitrogen and oxygen atoms in total. The zero-order valence-electron chi connectivity index (χ0n) is 14.5. The molecule has 5 heteroatoms. The average Bonchev–Trinajstić information content (AvgIpc) is 3.17. The number of likely N-dealkylation sites (tertiary alicyclic amines) is 1. The Bertz CT molecular complexity index is 660. The Morgan fingerprint density at radius 2 is 1.96 bits per heavy atom. The molecule has 2 fully saturated rings. The van der Waals surface area contributed by atoms with E-state index < -0.39 is 0 Å². The lowest BCUT2D eigenvalue weighted by atomic mass is 9.89. The number of aromatic nitrogens is 4. The highest BCUT2D eigenvalue weighted by atomic mass is 15.2. The summed E-state index contributed by atoms with van der Waals surface area (Å²) in [5.74, 6) is 2.20. The summed E-state index contributed by atoms with van der Waals surface area (Å²) in [6, 6.07) is 2.94. The Kier molecular flexibility index (Phi) is 4.60. The number of nitrogens with one attached hydrogen (secondary N) is 1. The van der Waals surface area contributed by atoms with Crippen molar-refractivity contribution >= 4 is 0 Å². The molecule has 24 heavy (non-hydrogen) atoms. The fourth-order valence-electron chi connectivity index (χ4n) is 4.35. The van der Waals surface area contributed by atoms with E-state index in [-0.39, 0.29) is 0 Å². The molecular weight excluding hydrogens is 298 g/mol. The van der Waals surface area contributed by atoms with Crippen molar-refractivity contribution < 1.29 is 0 Å². The number of hydrogen-bond acceptors (Lipinski definition) is 4. The zero-order valence-corrected chi connectivity index (χ0v) is 14.5. The molecule has 4 rings (SSSR count). The molecule has 2 aromatic heterocycles. The van der Waals surface area contributed by atoms with Crippen LogP contribution in [0.5, 0.6) is 0 Å². The quantitative estimate of drug-likeness (QED) is 0.935. The summed E-state index contributed by atoms with van der Waals surface area (Å²) in [5, 5.41) is 0. The lowest BCUT2D eigenvalue weighted by Gasteiger charge is -2.40. The van der Waals surface area contributed by atoms with Crippen LogP contribution >= 0.6 is 0 Å². The lowest BCUT2D eigenvalue weighted by molar-refractivity contribution is 0.118. The number of imidazole rings is 1. The molecule has 2 aliphatic rings. The van der Waals surface area contributed by atoms with Crippen molar-refractivity contribution in [3.63, 3.8) is 0 Å². The normalized spacial score (nSPS) is 23.5. The van der Waals surface area contributed by atoms with E-state index in [1.54, 1.807) is 6.20 Å². The van der Waals surface area contributed by atoms with Crippen LogP contribution < -0.4 is 0 Å². The van der Waals surface area contributed by atoms with Gasteiger partial charge in [0.1, 0.15) is 11.5 Å². The third-order valence-electron chi connectivity index (χ3n) is 5.56. The minimum absolute atomic E-state index is 0.524. The number of piperidine rings is 1. The fourth-order valence-corrected chi connectivity index (χ4v) is 4.35. The molecule has 0 radical (unpaired) electrons. The van der Waals surface area contributed by atoms with Crippen LogP contribution in [0.4, 0.5) is 0 Å². The van der Waals surface area contributed by atoms with Crippen molar-refractivity contribution in [1.29, 1.82) is 0 Å². The minimum Gasteiger partial charge on any atom is -0.343 e. The number of aromatic amines is 1. The van der Waals surface area contributed by atoms with Gasteiger partial charge in [-0.15, -0.1) is 0 Å². The maximum Gasteiger partial charge on any atom is 0.156 e. The van der Waals surface area contributed by atoms with Crippen molar-refractivity contribution in [2.45, 2.75) is 63.8 Å². The van der Waals surface area contributed by atoms with Gasteiger partial charge in [-0.3, -0.25) is 4.90 Å². The molecule has 1 aliphatic heterocycles. The molecule has 0 spiro atoms. The van der Waals surface area contributed by atoms with Crippen molar-refractivity contribution in [3.8, 4) is 11.5 Å². The van der Waals surface area contributed by atoms with E-state index in [0.29, 0.717) is 5.92 Å². The number of rotatable bonds is 3. The lowest BCUT2D eigenvalue weighted by Crippen LogP contribution is -2.43. The van der Waals surface area contributed by atoms with Crippen molar-refractivity contribution in [2.24, 2.45) is 0 Å². The minimum atomic E-state index is 0.524. The summed E-state index contributed by atoms with van der Waals surface area (Å²) in [6.45, 7) is 4.40. The largest absolute Gasteiger partial charge is 0.343 e. The summed E-state index contributed by atoms with van der Waals surface area (Å²) in [5.41, 5.74) is 2.10. The molecule has 1 saturated heterocycles. The average molecular weight is 325 g/mol. The molecule has 2 aromatic rings. The zero-order chi connectivity index (χ0) is 16.4. The Morgan fingerprint density at radius 3 is 2.75 bits per heavy atom. The molecule has 1 aliphatic carbocycles. The van der Waals surface area contributed by atoms with E-state index in [9.17, 15) is 0 Å². The maximum absolute atomic E-state index is 4.77. The summed E-state index contributed by atoms with van der Waals surface area (Å²) < 4.78 is 0. The second-order valence-corrected chi connectivity index (χ2v) is 7.29. The van der Waals surface area contributed by atoms with Crippen molar-refractivity contribution in [1.82, 2.24) is 24.8 Å². The standard InChI is InChI=1S/C19H27N5/c1-14-22-17(12-18(23-14)19-20-9-10-21-19)15-6-5-11-24(13-15)16-7-3-2-4-8-16/h9-10,12,15-16H,2-8,11,13H2,1H3,(H,20,21)/t15-/m0/s1. The van der Waals surface area contributed by atoms with Crippen molar-refractivity contribution in [3.05, 3.63) is 30.0 Å². The van der Waals surface area contributed by atoms with Gasteiger partial charge in [0.05, 0.1) is 0 Å². The van der Waals surface area contributed by atoms with Gasteiger partial charge in [0.25, 0.3) is 0 Å².